The number of anilines is 1. The fourth-order valence-corrected chi connectivity index (χ4v) is 3.72. The predicted octanol–water partition coefficient (Wildman–Crippen LogP) is 5.39. The third kappa shape index (κ3) is 5.31. The Kier molecular flexibility index (Phi) is 7.34. The summed E-state index contributed by atoms with van der Waals surface area (Å²) in [5.74, 6) is -0.0201. The summed E-state index contributed by atoms with van der Waals surface area (Å²) >= 11 is 18.0. The lowest BCUT2D eigenvalue weighted by atomic mass is 10.0. The summed E-state index contributed by atoms with van der Waals surface area (Å²) in [7, 11) is 0. The molecule has 160 valence electrons. The molecule has 0 aromatic heterocycles. The SMILES string of the molecule is CC(C)C1Nc2ccc(Cl)cc2C(=O)N1NC(=O)CCCOc1ccc(Cl)cc1Cl. The first-order valence-electron chi connectivity index (χ1n) is 9.53. The third-order valence-corrected chi connectivity index (χ3v) is 5.35. The van der Waals surface area contributed by atoms with Crippen molar-refractivity contribution >= 4 is 52.3 Å². The summed E-state index contributed by atoms with van der Waals surface area (Å²) < 4.78 is 5.59. The van der Waals surface area contributed by atoms with Gasteiger partial charge < -0.3 is 10.1 Å². The Labute approximate surface area is 190 Å². The number of halogens is 3. The van der Waals surface area contributed by atoms with Crippen molar-refractivity contribution in [1.82, 2.24) is 10.4 Å². The number of fused-ring (bicyclic) bond motifs is 1. The topological polar surface area (TPSA) is 70.7 Å². The second kappa shape index (κ2) is 9.77. The first-order chi connectivity index (χ1) is 14.3. The number of nitrogens with zero attached hydrogens (tertiary/aromatic N) is 1. The summed E-state index contributed by atoms with van der Waals surface area (Å²) in [6.45, 7) is 4.23. The minimum Gasteiger partial charge on any atom is -0.492 e. The van der Waals surface area contributed by atoms with E-state index < -0.39 is 0 Å². The lowest BCUT2D eigenvalue weighted by Gasteiger charge is -2.39. The molecule has 0 bridgehead atoms. The molecule has 0 fully saturated rings. The fourth-order valence-electron chi connectivity index (χ4n) is 3.08. The number of amides is 2. The van der Waals surface area contributed by atoms with E-state index in [1.54, 1.807) is 36.4 Å². The van der Waals surface area contributed by atoms with E-state index in [4.69, 9.17) is 39.5 Å². The quantitative estimate of drug-likeness (QED) is 0.533. The predicted molar refractivity (Wildman–Crippen MR) is 119 cm³/mol. The average molecular weight is 471 g/mol. The van der Waals surface area contributed by atoms with Crippen LogP contribution in [0, 0.1) is 5.92 Å². The number of rotatable bonds is 7. The van der Waals surface area contributed by atoms with Crippen molar-refractivity contribution in [3.63, 3.8) is 0 Å². The molecule has 9 heteroatoms. The van der Waals surface area contributed by atoms with Gasteiger partial charge in [-0.15, -0.1) is 0 Å². The highest BCUT2D eigenvalue weighted by molar-refractivity contribution is 6.35. The highest BCUT2D eigenvalue weighted by Gasteiger charge is 2.35. The van der Waals surface area contributed by atoms with Gasteiger partial charge in [-0.3, -0.25) is 15.0 Å². The summed E-state index contributed by atoms with van der Waals surface area (Å²) in [6.07, 6.45) is 0.260. The Bertz CT molecular complexity index is 952. The monoisotopic (exact) mass is 469 g/mol. The Hall–Kier alpha value is -2.15. The maximum atomic E-state index is 13.0. The van der Waals surface area contributed by atoms with Crippen molar-refractivity contribution in [1.29, 1.82) is 0 Å². The standard InChI is InChI=1S/C21H22Cl3N3O3/c1-12(2)20-25-17-7-5-13(22)10-15(17)21(29)27(20)26-19(28)4-3-9-30-18-8-6-14(23)11-16(18)24/h5-8,10-12,20,25H,3-4,9H2,1-2H3,(H,26,28). The molecule has 2 amide bonds. The Morgan fingerprint density at radius 1 is 1.17 bits per heavy atom. The van der Waals surface area contributed by atoms with Gasteiger partial charge in [-0.25, -0.2) is 5.01 Å². The Morgan fingerprint density at radius 2 is 1.87 bits per heavy atom. The van der Waals surface area contributed by atoms with E-state index in [-0.39, 0.29) is 30.3 Å². The van der Waals surface area contributed by atoms with Crippen LogP contribution in [0.15, 0.2) is 36.4 Å². The summed E-state index contributed by atoms with van der Waals surface area (Å²) in [4.78, 5) is 25.4. The summed E-state index contributed by atoms with van der Waals surface area (Å²) in [5, 5.41) is 6.01. The van der Waals surface area contributed by atoms with Crippen molar-refractivity contribution in [2.24, 2.45) is 5.92 Å². The van der Waals surface area contributed by atoms with Gasteiger partial charge in [-0.2, -0.15) is 0 Å². The molecular weight excluding hydrogens is 449 g/mol. The van der Waals surface area contributed by atoms with Crippen molar-refractivity contribution in [3.8, 4) is 5.75 Å². The van der Waals surface area contributed by atoms with Crippen molar-refractivity contribution in [2.45, 2.75) is 32.9 Å². The lowest BCUT2D eigenvalue weighted by molar-refractivity contribution is -0.126. The van der Waals surface area contributed by atoms with Gasteiger partial charge >= 0.3 is 0 Å². The van der Waals surface area contributed by atoms with Crippen molar-refractivity contribution in [2.75, 3.05) is 11.9 Å². The Balaban J connectivity index is 1.58. The number of hydrogen-bond donors (Lipinski definition) is 2. The first-order valence-corrected chi connectivity index (χ1v) is 10.7. The molecule has 3 rings (SSSR count). The molecule has 2 N–H and O–H groups in total. The van der Waals surface area contributed by atoms with Gasteiger partial charge in [-0.1, -0.05) is 48.7 Å². The smallest absolute Gasteiger partial charge is 0.276 e. The number of ether oxygens (including phenoxy) is 1. The van der Waals surface area contributed by atoms with Gasteiger partial charge in [0.2, 0.25) is 5.91 Å². The van der Waals surface area contributed by atoms with Gasteiger partial charge in [0.05, 0.1) is 17.2 Å². The van der Waals surface area contributed by atoms with E-state index in [1.807, 2.05) is 13.8 Å². The van der Waals surface area contributed by atoms with Crippen LogP contribution >= 0.6 is 34.8 Å². The second-order valence-corrected chi connectivity index (χ2v) is 8.54. The zero-order chi connectivity index (χ0) is 21.8. The molecule has 1 aliphatic rings. The van der Waals surface area contributed by atoms with Crippen molar-refractivity contribution in [3.05, 3.63) is 57.0 Å². The van der Waals surface area contributed by atoms with E-state index in [1.165, 1.54) is 5.01 Å². The van der Waals surface area contributed by atoms with Gasteiger partial charge in [0.25, 0.3) is 5.91 Å². The van der Waals surface area contributed by atoms with Gasteiger partial charge in [0.1, 0.15) is 11.9 Å². The molecule has 30 heavy (non-hydrogen) atoms. The van der Waals surface area contributed by atoms with Crippen LogP contribution in [-0.4, -0.2) is 29.6 Å². The summed E-state index contributed by atoms with van der Waals surface area (Å²) in [6, 6.07) is 10.0. The number of hydrogen-bond acceptors (Lipinski definition) is 4. The van der Waals surface area contributed by atoms with Gasteiger partial charge in [-0.05, 0) is 48.7 Å². The number of benzene rings is 2. The minimum absolute atomic E-state index is 0.0634. The number of carbonyl (C=O) groups excluding carboxylic acids is 2. The van der Waals surface area contributed by atoms with E-state index in [2.05, 4.69) is 10.7 Å². The Morgan fingerprint density at radius 3 is 2.57 bits per heavy atom. The zero-order valence-corrected chi connectivity index (χ0v) is 18.8. The van der Waals surface area contributed by atoms with Crippen LogP contribution in [0.1, 0.15) is 37.0 Å². The maximum absolute atomic E-state index is 13.0. The van der Waals surface area contributed by atoms with Crippen LogP contribution in [0.3, 0.4) is 0 Å². The normalized spacial score (nSPS) is 15.6. The lowest BCUT2D eigenvalue weighted by Crippen LogP contribution is -2.59. The van der Waals surface area contributed by atoms with Crippen molar-refractivity contribution < 1.29 is 14.3 Å². The van der Waals surface area contributed by atoms with Gasteiger partial charge in [0, 0.05) is 22.2 Å². The van der Waals surface area contributed by atoms with Crippen LogP contribution in [0.4, 0.5) is 5.69 Å². The molecule has 0 spiro atoms. The molecule has 1 heterocycles. The van der Waals surface area contributed by atoms with E-state index in [9.17, 15) is 9.59 Å². The third-order valence-electron chi connectivity index (χ3n) is 4.59. The molecule has 0 radical (unpaired) electrons. The van der Waals surface area contributed by atoms with Crippen LogP contribution in [0.5, 0.6) is 5.75 Å². The molecular formula is C21H22Cl3N3O3. The molecule has 0 saturated carbocycles. The number of nitrogens with one attached hydrogen (secondary N) is 2. The molecule has 1 unspecified atom stereocenters. The molecule has 2 aromatic carbocycles. The highest BCUT2D eigenvalue weighted by Crippen LogP contribution is 2.30. The van der Waals surface area contributed by atoms with E-state index in [0.29, 0.717) is 45.1 Å². The minimum atomic E-state index is -0.376. The first kappa shape index (κ1) is 22.5. The van der Waals surface area contributed by atoms with Crippen LogP contribution in [0.2, 0.25) is 15.1 Å². The summed E-state index contributed by atoms with van der Waals surface area (Å²) in [5.41, 5.74) is 3.83. The van der Waals surface area contributed by atoms with Crippen LogP contribution in [0.25, 0.3) is 0 Å². The van der Waals surface area contributed by atoms with Crippen LogP contribution in [-0.2, 0) is 4.79 Å². The zero-order valence-electron chi connectivity index (χ0n) is 16.5. The molecule has 2 aromatic rings. The molecule has 0 aliphatic carbocycles. The molecule has 0 saturated heterocycles. The number of hydrazine groups is 1. The van der Waals surface area contributed by atoms with Crippen LogP contribution < -0.4 is 15.5 Å². The maximum Gasteiger partial charge on any atom is 0.276 e. The van der Waals surface area contributed by atoms with Gasteiger partial charge in [0.15, 0.2) is 0 Å². The molecule has 1 aliphatic heterocycles. The average Bonchev–Trinajstić information content (AvgIpc) is 2.68. The molecule has 1 atom stereocenters. The molecule has 6 nitrogen and oxygen atoms in total. The van der Waals surface area contributed by atoms with E-state index >= 15 is 0 Å². The number of carbonyl (C=O) groups is 2. The highest BCUT2D eigenvalue weighted by atomic mass is 35.5. The van der Waals surface area contributed by atoms with E-state index in [0.717, 1.165) is 0 Å². The second-order valence-electron chi connectivity index (χ2n) is 7.26. The fraction of sp³-hybridized carbons (Fsp3) is 0.333. The largest absolute Gasteiger partial charge is 0.492 e.